The van der Waals surface area contributed by atoms with Crippen LogP contribution in [0.3, 0.4) is 0 Å². The molecule has 1 fully saturated rings. The molecule has 7 heteroatoms. The molecular weight excluding hydrogens is 328 g/mol. The lowest BCUT2D eigenvalue weighted by Gasteiger charge is -2.35. The van der Waals surface area contributed by atoms with E-state index in [0.29, 0.717) is 11.8 Å². The van der Waals surface area contributed by atoms with Gasteiger partial charge in [0.05, 0.1) is 17.9 Å². The highest BCUT2D eigenvalue weighted by molar-refractivity contribution is 5.53. The highest BCUT2D eigenvalue weighted by atomic mass is 16.4. The molecule has 0 spiro atoms. The van der Waals surface area contributed by atoms with Crippen LogP contribution in [0.15, 0.2) is 28.9 Å². The lowest BCUT2D eigenvalue weighted by Crippen LogP contribution is -2.46. The standard InChI is InChI=1S/C19H26N6O/c1-14-21-22-18(26-14)13-23-7-9-24(10-8-23)15-5-6-17-20-16(19(2,3)4)12-25(17)11-15/h5-6,11-12H,7-10,13H2,1-4H3. The van der Waals surface area contributed by atoms with E-state index >= 15 is 0 Å². The Kier molecular flexibility index (Phi) is 4.19. The Labute approximate surface area is 153 Å². The molecule has 1 aliphatic rings. The smallest absolute Gasteiger partial charge is 0.230 e. The molecule has 0 amide bonds. The number of fused-ring (bicyclic) bond motifs is 1. The fourth-order valence-corrected chi connectivity index (χ4v) is 3.29. The molecule has 1 saturated heterocycles. The molecule has 0 bridgehead atoms. The zero-order valence-corrected chi connectivity index (χ0v) is 15.9. The Morgan fingerprint density at radius 3 is 2.46 bits per heavy atom. The number of nitrogens with zero attached hydrogens (tertiary/aromatic N) is 6. The van der Waals surface area contributed by atoms with Crippen LogP contribution in [0.4, 0.5) is 5.69 Å². The van der Waals surface area contributed by atoms with Crippen molar-refractivity contribution >= 4 is 11.3 Å². The number of imidazole rings is 1. The number of hydrogen-bond acceptors (Lipinski definition) is 6. The molecule has 4 heterocycles. The van der Waals surface area contributed by atoms with E-state index in [4.69, 9.17) is 9.40 Å². The summed E-state index contributed by atoms with van der Waals surface area (Å²) in [7, 11) is 0. The van der Waals surface area contributed by atoms with Crippen molar-refractivity contribution in [1.29, 1.82) is 0 Å². The van der Waals surface area contributed by atoms with E-state index in [-0.39, 0.29) is 5.41 Å². The van der Waals surface area contributed by atoms with Gasteiger partial charge in [-0.2, -0.15) is 0 Å². The van der Waals surface area contributed by atoms with Crippen LogP contribution < -0.4 is 4.90 Å². The van der Waals surface area contributed by atoms with E-state index in [0.717, 1.165) is 44.1 Å². The van der Waals surface area contributed by atoms with Crippen molar-refractivity contribution < 1.29 is 4.42 Å². The van der Waals surface area contributed by atoms with Gasteiger partial charge in [0.25, 0.3) is 0 Å². The molecule has 0 saturated carbocycles. The Morgan fingerprint density at radius 1 is 1.04 bits per heavy atom. The number of piperazine rings is 1. The van der Waals surface area contributed by atoms with Crippen LogP contribution in [-0.2, 0) is 12.0 Å². The minimum Gasteiger partial charge on any atom is -0.424 e. The number of anilines is 1. The van der Waals surface area contributed by atoms with Crippen molar-refractivity contribution in [3.05, 3.63) is 42.0 Å². The molecule has 0 N–H and O–H groups in total. The summed E-state index contributed by atoms with van der Waals surface area (Å²) in [5, 5.41) is 7.99. The number of aryl methyl sites for hydroxylation is 1. The molecule has 0 unspecified atom stereocenters. The van der Waals surface area contributed by atoms with Gasteiger partial charge in [0, 0.05) is 50.9 Å². The van der Waals surface area contributed by atoms with E-state index in [1.165, 1.54) is 5.69 Å². The van der Waals surface area contributed by atoms with Crippen LogP contribution >= 0.6 is 0 Å². The summed E-state index contributed by atoms with van der Waals surface area (Å²) >= 11 is 0. The highest BCUT2D eigenvalue weighted by Crippen LogP contribution is 2.24. The minimum atomic E-state index is 0.0604. The first-order valence-corrected chi connectivity index (χ1v) is 9.14. The SMILES string of the molecule is Cc1nnc(CN2CCN(c3ccc4nc(C(C)(C)C)cn4c3)CC2)o1. The van der Waals surface area contributed by atoms with Crippen molar-refractivity contribution in [1.82, 2.24) is 24.5 Å². The van der Waals surface area contributed by atoms with E-state index < -0.39 is 0 Å². The second-order valence-electron chi connectivity index (χ2n) is 8.01. The first kappa shape index (κ1) is 17.0. The summed E-state index contributed by atoms with van der Waals surface area (Å²) in [6, 6.07) is 4.28. The molecule has 138 valence electrons. The quantitative estimate of drug-likeness (QED) is 0.721. The highest BCUT2D eigenvalue weighted by Gasteiger charge is 2.21. The molecule has 26 heavy (non-hydrogen) atoms. The van der Waals surface area contributed by atoms with Crippen LogP contribution in [0, 0.1) is 6.92 Å². The maximum atomic E-state index is 5.49. The van der Waals surface area contributed by atoms with E-state index in [1.807, 2.05) is 6.92 Å². The Balaban J connectivity index is 1.43. The van der Waals surface area contributed by atoms with Gasteiger partial charge >= 0.3 is 0 Å². The van der Waals surface area contributed by atoms with Gasteiger partial charge in [-0.05, 0) is 12.1 Å². The van der Waals surface area contributed by atoms with Gasteiger partial charge in [-0.1, -0.05) is 20.8 Å². The van der Waals surface area contributed by atoms with Gasteiger partial charge in [-0.15, -0.1) is 10.2 Å². The maximum absolute atomic E-state index is 5.49. The molecule has 0 aromatic carbocycles. The molecular formula is C19H26N6O. The third-order valence-electron chi connectivity index (χ3n) is 4.87. The predicted octanol–water partition coefficient (Wildman–Crippen LogP) is 2.65. The number of aromatic nitrogens is 4. The van der Waals surface area contributed by atoms with Gasteiger partial charge in [0.2, 0.25) is 11.8 Å². The van der Waals surface area contributed by atoms with Crippen molar-refractivity contribution in [2.75, 3.05) is 31.1 Å². The average molecular weight is 354 g/mol. The molecule has 0 radical (unpaired) electrons. The summed E-state index contributed by atoms with van der Waals surface area (Å²) in [6.07, 6.45) is 4.33. The molecule has 3 aromatic rings. The Morgan fingerprint density at radius 2 is 1.81 bits per heavy atom. The van der Waals surface area contributed by atoms with Gasteiger partial charge in [-0.3, -0.25) is 4.90 Å². The normalized spacial score (nSPS) is 16.5. The van der Waals surface area contributed by atoms with E-state index in [1.54, 1.807) is 0 Å². The third kappa shape index (κ3) is 3.44. The van der Waals surface area contributed by atoms with Crippen LogP contribution in [0.2, 0.25) is 0 Å². The maximum Gasteiger partial charge on any atom is 0.230 e. The van der Waals surface area contributed by atoms with Gasteiger partial charge in [0.15, 0.2) is 0 Å². The average Bonchev–Trinajstić information content (AvgIpc) is 3.20. The molecule has 7 nitrogen and oxygen atoms in total. The zero-order chi connectivity index (χ0) is 18.3. The molecule has 4 rings (SSSR count). The van der Waals surface area contributed by atoms with E-state index in [9.17, 15) is 0 Å². The Hall–Kier alpha value is -2.41. The fourth-order valence-electron chi connectivity index (χ4n) is 3.29. The lowest BCUT2D eigenvalue weighted by molar-refractivity contribution is 0.225. The van der Waals surface area contributed by atoms with E-state index in [2.05, 4.69) is 69.7 Å². The zero-order valence-electron chi connectivity index (χ0n) is 15.9. The number of pyridine rings is 1. The number of hydrogen-bond donors (Lipinski definition) is 0. The lowest BCUT2D eigenvalue weighted by atomic mass is 9.93. The van der Waals surface area contributed by atoms with Crippen LogP contribution in [0.5, 0.6) is 0 Å². The minimum absolute atomic E-state index is 0.0604. The first-order chi connectivity index (χ1) is 12.4. The second-order valence-corrected chi connectivity index (χ2v) is 8.01. The summed E-state index contributed by atoms with van der Waals surface area (Å²) in [6.45, 7) is 13.1. The predicted molar refractivity (Wildman–Crippen MR) is 100 cm³/mol. The van der Waals surface area contributed by atoms with Gasteiger partial charge in [0.1, 0.15) is 5.65 Å². The summed E-state index contributed by atoms with van der Waals surface area (Å²) in [5.74, 6) is 1.33. The van der Waals surface area contributed by atoms with Crippen molar-refractivity contribution in [2.45, 2.75) is 39.7 Å². The van der Waals surface area contributed by atoms with Crippen LogP contribution in [0.25, 0.3) is 5.65 Å². The Bertz CT molecular complexity index is 898. The summed E-state index contributed by atoms with van der Waals surface area (Å²) in [5.41, 5.74) is 3.42. The molecule has 1 aliphatic heterocycles. The third-order valence-corrected chi connectivity index (χ3v) is 4.87. The fraction of sp³-hybridized carbons (Fsp3) is 0.526. The summed E-state index contributed by atoms with van der Waals surface area (Å²) in [4.78, 5) is 9.52. The largest absolute Gasteiger partial charge is 0.424 e. The van der Waals surface area contributed by atoms with Crippen LogP contribution in [0.1, 0.15) is 38.2 Å². The van der Waals surface area contributed by atoms with Crippen molar-refractivity contribution in [3.8, 4) is 0 Å². The summed E-state index contributed by atoms with van der Waals surface area (Å²) < 4.78 is 7.63. The molecule has 0 atom stereocenters. The van der Waals surface area contributed by atoms with Crippen molar-refractivity contribution in [2.24, 2.45) is 0 Å². The van der Waals surface area contributed by atoms with Crippen LogP contribution in [-0.4, -0.2) is 50.7 Å². The van der Waals surface area contributed by atoms with Gasteiger partial charge in [-0.25, -0.2) is 4.98 Å². The van der Waals surface area contributed by atoms with Crippen molar-refractivity contribution in [3.63, 3.8) is 0 Å². The monoisotopic (exact) mass is 354 g/mol. The molecule has 3 aromatic heterocycles. The van der Waals surface area contributed by atoms with Gasteiger partial charge < -0.3 is 13.7 Å². The number of rotatable bonds is 3. The second kappa shape index (κ2) is 6.39. The first-order valence-electron chi connectivity index (χ1n) is 9.14. The molecule has 0 aliphatic carbocycles. The topological polar surface area (TPSA) is 62.7 Å².